The monoisotopic (exact) mass is 398 g/mol. The third kappa shape index (κ3) is 10.4. The molecule has 26 heavy (non-hydrogen) atoms. The third-order valence-electron chi connectivity index (χ3n) is 4.37. The van der Waals surface area contributed by atoms with E-state index in [-0.39, 0.29) is 12.5 Å². The van der Waals surface area contributed by atoms with E-state index in [0.717, 1.165) is 38.5 Å². The number of aliphatic hydroxyl groups excluding tert-OH is 1. The molecule has 1 unspecified atom stereocenters. The fraction of sp³-hybridized carbons (Fsp3) is 0.889. The Labute approximate surface area is 157 Å². The van der Waals surface area contributed by atoms with E-state index >= 15 is 0 Å². The molecule has 0 radical (unpaired) electrons. The molecule has 0 aromatic carbocycles. The SMILES string of the molecule is C[C@@H]1CCCCCCCCC[C@H](O)C(=O)C(SCC(F)(F)F)CC(=O)O1. The molecule has 0 amide bonds. The number of esters is 1. The van der Waals surface area contributed by atoms with Crippen LogP contribution in [0.4, 0.5) is 13.2 Å². The van der Waals surface area contributed by atoms with Crippen molar-refractivity contribution in [2.24, 2.45) is 0 Å². The van der Waals surface area contributed by atoms with Crippen molar-refractivity contribution in [2.75, 3.05) is 5.75 Å². The molecule has 1 heterocycles. The summed E-state index contributed by atoms with van der Waals surface area (Å²) in [7, 11) is 0. The van der Waals surface area contributed by atoms with Gasteiger partial charge < -0.3 is 9.84 Å². The fourth-order valence-electron chi connectivity index (χ4n) is 2.93. The highest BCUT2D eigenvalue weighted by atomic mass is 32.2. The Bertz CT molecular complexity index is 443. The summed E-state index contributed by atoms with van der Waals surface area (Å²) in [6.07, 6.45) is 1.04. The summed E-state index contributed by atoms with van der Waals surface area (Å²) < 4.78 is 42.8. The van der Waals surface area contributed by atoms with E-state index in [1.165, 1.54) is 0 Å². The van der Waals surface area contributed by atoms with Crippen LogP contribution in [0.2, 0.25) is 0 Å². The minimum atomic E-state index is -4.44. The highest BCUT2D eigenvalue weighted by Crippen LogP contribution is 2.28. The van der Waals surface area contributed by atoms with E-state index in [1.54, 1.807) is 6.92 Å². The van der Waals surface area contributed by atoms with Gasteiger partial charge in [-0.1, -0.05) is 38.5 Å². The summed E-state index contributed by atoms with van der Waals surface area (Å²) in [5, 5.41) is 8.79. The molecule has 152 valence electrons. The number of hydrogen-bond donors (Lipinski definition) is 1. The molecule has 0 saturated carbocycles. The Hall–Kier alpha value is -0.760. The molecule has 0 bridgehead atoms. The van der Waals surface area contributed by atoms with E-state index in [0.29, 0.717) is 24.6 Å². The Kier molecular flexibility index (Phi) is 10.6. The molecular weight excluding hydrogens is 369 g/mol. The number of hydrogen-bond acceptors (Lipinski definition) is 5. The molecule has 4 nitrogen and oxygen atoms in total. The van der Waals surface area contributed by atoms with Crippen molar-refractivity contribution in [1.29, 1.82) is 0 Å². The summed E-state index contributed by atoms with van der Waals surface area (Å²) in [4.78, 5) is 24.4. The quantitative estimate of drug-likeness (QED) is 0.698. The number of halogens is 3. The molecule has 1 saturated heterocycles. The van der Waals surface area contributed by atoms with E-state index in [2.05, 4.69) is 0 Å². The van der Waals surface area contributed by atoms with Crippen LogP contribution in [0, 0.1) is 0 Å². The first-order valence-electron chi connectivity index (χ1n) is 9.28. The largest absolute Gasteiger partial charge is 0.463 e. The van der Waals surface area contributed by atoms with E-state index in [1.807, 2.05) is 0 Å². The molecule has 1 aliphatic rings. The van der Waals surface area contributed by atoms with Gasteiger partial charge in [0, 0.05) is 0 Å². The number of alkyl halides is 3. The lowest BCUT2D eigenvalue weighted by atomic mass is 10.0. The van der Waals surface area contributed by atoms with E-state index in [4.69, 9.17) is 4.74 Å². The first-order chi connectivity index (χ1) is 12.2. The highest BCUT2D eigenvalue weighted by molar-refractivity contribution is 8.00. The van der Waals surface area contributed by atoms with Gasteiger partial charge in [-0.05, 0) is 26.2 Å². The lowest BCUT2D eigenvalue weighted by molar-refractivity contribution is -0.149. The summed E-state index contributed by atoms with van der Waals surface area (Å²) in [6.45, 7) is 1.75. The standard InChI is InChI=1S/C18H29F3O4S/c1-13-9-7-5-3-2-4-6-8-10-14(22)17(24)15(11-16(23)25-13)26-12-18(19,20)21/h13-15,22H,2-12H2,1H3/t13-,14+,15?/m1/s1. The maximum atomic E-state index is 12.5. The number of Topliss-reactive ketones (excluding diaryl/α,β-unsaturated/α-hetero) is 1. The van der Waals surface area contributed by atoms with Gasteiger partial charge in [-0.2, -0.15) is 13.2 Å². The van der Waals surface area contributed by atoms with Crippen LogP contribution in [0.15, 0.2) is 0 Å². The molecule has 0 aliphatic carbocycles. The minimum absolute atomic E-state index is 0.216. The number of rotatable bonds is 2. The van der Waals surface area contributed by atoms with Crippen molar-refractivity contribution in [3.8, 4) is 0 Å². The van der Waals surface area contributed by atoms with Gasteiger partial charge in [-0.3, -0.25) is 9.59 Å². The summed E-state index contributed by atoms with van der Waals surface area (Å²) in [5.74, 6) is -2.64. The molecule has 1 fully saturated rings. The average Bonchev–Trinajstić information content (AvgIpc) is 2.54. The van der Waals surface area contributed by atoms with Crippen LogP contribution < -0.4 is 0 Å². The smallest absolute Gasteiger partial charge is 0.397 e. The van der Waals surface area contributed by atoms with Gasteiger partial charge in [0.25, 0.3) is 0 Å². The van der Waals surface area contributed by atoms with Crippen molar-refractivity contribution >= 4 is 23.5 Å². The topological polar surface area (TPSA) is 63.6 Å². The molecule has 0 aromatic heterocycles. The van der Waals surface area contributed by atoms with Crippen molar-refractivity contribution in [3.63, 3.8) is 0 Å². The Morgan fingerprint density at radius 3 is 2.15 bits per heavy atom. The molecule has 1 rings (SSSR count). The van der Waals surface area contributed by atoms with Gasteiger partial charge >= 0.3 is 12.1 Å². The number of thioether (sulfide) groups is 1. The maximum Gasteiger partial charge on any atom is 0.397 e. The maximum absolute atomic E-state index is 12.5. The second kappa shape index (κ2) is 11.8. The molecule has 1 aliphatic heterocycles. The van der Waals surface area contributed by atoms with Crippen LogP contribution in [0.25, 0.3) is 0 Å². The zero-order valence-corrected chi connectivity index (χ0v) is 16.0. The van der Waals surface area contributed by atoms with Crippen LogP contribution >= 0.6 is 11.8 Å². The van der Waals surface area contributed by atoms with Gasteiger partial charge in [0.2, 0.25) is 0 Å². The number of ether oxygens (including phenoxy) is 1. The Morgan fingerprint density at radius 1 is 1.04 bits per heavy atom. The lowest BCUT2D eigenvalue weighted by Gasteiger charge is -2.21. The van der Waals surface area contributed by atoms with Crippen LogP contribution in [0.3, 0.4) is 0 Å². The van der Waals surface area contributed by atoms with Crippen LogP contribution in [0.5, 0.6) is 0 Å². The van der Waals surface area contributed by atoms with Crippen molar-refractivity contribution in [1.82, 2.24) is 0 Å². The van der Waals surface area contributed by atoms with Crippen LogP contribution in [-0.2, 0) is 14.3 Å². The van der Waals surface area contributed by atoms with Gasteiger partial charge in [0.1, 0.15) is 6.10 Å². The number of carbonyl (C=O) groups excluding carboxylic acids is 2. The fourth-order valence-corrected chi connectivity index (χ4v) is 3.90. The second-order valence-corrected chi connectivity index (χ2v) is 8.08. The van der Waals surface area contributed by atoms with E-state index < -0.39 is 41.5 Å². The number of carbonyl (C=O) groups is 2. The predicted octanol–water partition coefficient (Wildman–Crippen LogP) is 4.43. The number of aliphatic hydroxyl groups is 1. The van der Waals surface area contributed by atoms with Crippen LogP contribution in [0.1, 0.15) is 71.1 Å². The van der Waals surface area contributed by atoms with Gasteiger partial charge in [-0.25, -0.2) is 0 Å². The molecule has 0 spiro atoms. The summed E-state index contributed by atoms with van der Waals surface area (Å²) in [5.41, 5.74) is 0. The third-order valence-corrected chi connectivity index (χ3v) is 5.66. The average molecular weight is 398 g/mol. The first-order valence-corrected chi connectivity index (χ1v) is 10.3. The summed E-state index contributed by atoms with van der Waals surface area (Å²) >= 11 is 0.353. The highest BCUT2D eigenvalue weighted by Gasteiger charge is 2.34. The molecule has 8 heteroatoms. The Morgan fingerprint density at radius 2 is 1.58 bits per heavy atom. The van der Waals surface area contributed by atoms with Gasteiger partial charge in [-0.15, -0.1) is 11.8 Å². The summed E-state index contributed by atoms with van der Waals surface area (Å²) in [6, 6.07) is 0. The molecular formula is C18H29F3O4S. The van der Waals surface area contributed by atoms with Crippen LogP contribution in [-0.4, -0.2) is 46.2 Å². The zero-order chi connectivity index (χ0) is 19.6. The van der Waals surface area contributed by atoms with E-state index in [9.17, 15) is 27.9 Å². The Balaban J connectivity index is 2.74. The molecule has 3 atom stereocenters. The first kappa shape index (κ1) is 23.3. The van der Waals surface area contributed by atoms with Gasteiger partial charge in [0.15, 0.2) is 5.78 Å². The predicted molar refractivity (Wildman–Crippen MR) is 95.0 cm³/mol. The normalized spacial score (nSPS) is 28.6. The number of ketones is 1. The zero-order valence-electron chi connectivity index (χ0n) is 15.2. The molecule has 0 aromatic rings. The molecule has 1 N–H and O–H groups in total. The van der Waals surface area contributed by atoms with Gasteiger partial charge in [0.05, 0.1) is 23.5 Å². The van der Waals surface area contributed by atoms with Crippen molar-refractivity contribution in [3.05, 3.63) is 0 Å². The second-order valence-electron chi connectivity index (χ2n) is 6.89. The van der Waals surface area contributed by atoms with Crippen molar-refractivity contribution < 1.29 is 32.6 Å². The lowest BCUT2D eigenvalue weighted by Crippen LogP contribution is -2.34. The minimum Gasteiger partial charge on any atom is -0.463 e. The van der Waals surface area contributed by atoms with Crippen molar-refractivity contribution in [2.45, 2.75) is 94.8 Å². The number of cyclic esters (lactones) is 1.